The van der Waals surface area contributed by atoms with E-state index in [1.165, 1.54) is 41.6 Å². The fourth-order valence-electron chi connectivity index (χ4n) is 4.83. The van der Waals surface area contributed by atoms with E-state index in [0.29, 0.717) is 5.92 Å². The van der Waals surface area contributed by atoms with Crippen LogP contribution in [0.2, 0.25) is 5.04 Å². The first-order valence-electron chi connectivity index (χ1n) is 11.8. The molecule has 0 saturated heterocycles. The van der Waals surface area contributed by atoms with E-state index in [2.05, 4.69) is 130 Å². The molecule has 1 heteroatoms. The average molecular weight is 427 g/mol. The Hall–Kier alpha value is -2.38. The minimum atomic E-state index is -2.17. The van der Waals surface area contributed by atoms with Gasteiger partial charge in [0.2, 0.25) is 0 Å². The lowest BCUT2D eigenvalue weighted by atomic mass is 9.93. The van der Waals surface area contributed by atoms with Gasteiger partial charge in [-0.2, -0.15) is 0 Å². The summed E-state index contributed by atoms with van der Waals surface area (Å²) in [6.45, 7) is 9.57. The van der Waals surface area contributed by atoms with Gasteiger partial charge in [-0.1, -0.05) is 150 Å². The van der Waals surface area contributed by atoms with Crippen molar-refractivity contribution in [2.24, 2.45) is 0 Å². The fraction of sp³-hybridized carbons (Fsp3) is 0.333. The third-order valence-corrected chi connectivity index (χ3v) is 12.1. The van der Waals surface area contributed by atoms with Gasteiger partial charge in [0.15, 0.2) is 0 Å². The zero-order chi connectivity index (χ0) is 22.2. The van der Waals surface area contributed by atoms with E-state index >= 15 is 0 Å². The predicted molar refractivity (Wildman–Crippen MR) is 140 cm³/mol. The largest absolute Gasteiger partial charge is 0.146 e. The van der Waals surface area contributed by atoms with Gasteiger partial charge in [0.1, 0.15) is 8.07 Å². The summed E-state index contributed by atoms with van der Waals surface area (Å²) in [6, 6.07) is 33.6. The van der Waals surface area contributed by atoms with Gasteiger partial charge < -0.3 is 0 Å². The summed E-state index contributed by atoms with van der Waals surface area (Å²) in [5.41, 5.74) is 4.09. The molecule has 31 heavy (non-hydrogen) atoms. The highest BCUT2D eigenvalue weighted by atomic mass is 28.3. The van der Waals surface area contributed by atoms with Gasteiger partial charge in [-0.25, -0.2) is 0 Å². The molecule has 0 bridgehead atoms. The lowest BCUT2D eigenvalue weighted by Gasteiger charge is -2.42. The van der Waals surface area contributed by atoms with E-state index in [4.69, 9.17) is 0 Å². The minimum absolute atomic E-state index is 0.150. The first kappa shape index (κ1) is 23.3. The minimum Gasteiger partial charge on any atom is -0.0889 e. The maximum absolute atomic E-state index is 2.65. The molecular weight excluding hydrogens is 388 g/mol. The highest BCUT2D eigenvalue weighted by Gasteiger charge is 2.45. The van der Waals surface area contributed by atoms with Crippen molar-refractivity contribution in [2.75, 3.05) is 0 Å². The van der Waals surface area contributed by atoms with Gasteiger partial charge in [0.25, 0.3) is 0 Å². The molecule has 0 amide bonds. The topological polar surface area (TPSA) is 0 Å². The van der Waals surface area contributed by atoms with Crippen molar-refractivity contribution in [1.82, 2.24) is 0 Å². The molecule has 0 N–H and O–H groups in total. The number of benzene rings is 3. The molecule has 3 rings (SSSR count). The number of unbranched alkanes of at least 4 members (excludes halogenated alkanes) is 2. The predicted octanol–water partition coefficient (Wildman–Crippen LogP) is 7.51. The molecule has 1 atom stereocenters. The van der Waals surface area contributed by atoms with Gasteiger partial charge in [0, 0.05) is 5.92 Å². The molecule has 3 aromatic rings. The van der Waals surface area contributed by atoms with E-state index in [0.717, 1.165) is 0 Å². The second kappa shape index (κ2) is 10.8. The molecule has 0 aliphatic rings. The number of hydrogen-bond donors (Lipinski definition) is 0. The van der Waals surface area contributed by atoms with Crippen LogP contribution in [0, 0.1) is 0 Å². The molecule has 0 heterocycles. The third kappa shape index (κ3) is 5.46. The monoisotopic (exact) mass is 426 g/mol. The van der Waals surface area contributed by atoms with E-state index < -0.39 is 8.07 Å². The van der Waals surface area contributed by atoms with Gasteiger partial charge in [-0.15, -0.1) is 0 Å². The summed E-state index contributed by atoms with van der Waals surface area (Å²) in [5.74, 6) is 0.467. The van der Waals surface area contributed by atoms with Crippen LogP contribution in [0.4, 0.5) is 0 Å². The first-order chi connectivity index (χ1) is 15.0. The van der Waals surface area contributed by atoms with Crippen molar-refractivity contribution in [3.05, 3.63) is 108 Å². The Morgan fingerprint density at radius 2 is 1.19 bits per heavy atom. The second-order valence-corrected chi connectivity index (χ2v) is 14.3. The van der Waals surface area contributed by atoms with E-state index in [9.17, 15) is 0 Å². The zero-order valence-electron chi connectivity index (χ0n) is 19.7. The highest BCUT2D eigenvalue weighted by molar-refractivity contribution is 7.07. The summed E-state index contributed by atoms with van der Waals surface area (Å²) in [5, 5.41) is 3.13. The maximum Gasteiger partial charge on any atom is 0.146 e. The molecule has 0 radical (unpaired) electrons. The summed E-state index contributed by atoms with van der Waals surface area (Å²) in [4.78, 5) is 0. The fourth-order valence-corrected chi connectivity index (χ4v) is 9.73. The average Bonchev–Trinajstić information content (AvgIpc) is 2.79. The van der Waals surface area contributed by atoms with Crippen LogP contribution in [0.1, 0.15) is 64.9 Å². The lowest BCUT2D eigenvalue weighted by molar-refractivity contribution is 0.628. The van der Waals surface area contributed by atoms with Crippen molar-refractivity contribution in [2.45, 2.75) is 64.3 Å². The Morgan fingerprint density at radius 1 is 0.710 bits per heavy atom. The normalized spacial score (nSPS) is 13.4. The van der Waals surface area contributed by atoms with Crippen LogP contribution in [0.5, 0.6) is 0 Å². The van der Waals surface area contributed by atoms with E-state index in [1.807, 2.05) is 0 Å². The van der Waals surface area contributed by atoms with Crippen molar-refractivity contribution in [3.8, 4) is 0 Å². The molecular formula is C30H38Si. The van der Waals surface area contributed by atoms with Gasteiger partial charge in [-0.05, 0) is 27.4 Å². The summed E-state index contributed by atoms with van der Waals surface area (Å²) >= 11 is 0. The standard InChI is InChI=1S/C30H38Si/c1-5-6-10-17-27(26-18-11-7-12-19-26)24-25-31(30(2,3)4,28-20-13-8-14-21-28)29-22-15-9-16-23-29/h7-9,11-16,18-25,27H,5-6,10,17H2,1-4H3/b25-24+/t27-/m0/s1. The molecule has 0 aliphatic heterocycles. The Morgan fingerprint density at radius 3 is 1.65 bits per heavy atom. The first-order valence-corrected chi connectivity index (χ1v) is 13.9. The molecule has 0 spiro atoms. The Kier molecular flexibility index (Phi) is 8.09. The smallest absolute Gasteiger partial charge is 0.0889 e. The summed E-state index contributed by atoms with van der Waals surface area (Å²) in [6.07, 6.45) is 7.62. The van der Waals surface area contributed by atoms with Crippen molar-refractivity contribution < 1.29 is 0 Å². The molecule has 0 fully saturated rings. The van der Waals surface area contributed by atoms with Crippen LogP contribution in [0.25, 0.3) is 0 Å². The Bertz CT molecular complexity index is 881. The van der Waals surface area contributed by atoms with Crippen molar-refractivity contribution >= 4 is 18.4 Å². The van der Waals surface area contributed by atoms with Crippen LogP contribution in [0.15, 0.2) is 103 Å². The summed E-state index contributed by atoms with van der Waals surface area (Å²) in [7, 11) is -2.17. The van der Waals surface area contributed by atoms with Crippen LogP contribution >= 0.6 is 0 Å². The number of allylic oxidation sites excluding steroid dienone is 1. The Labute approximate surface area is 191 Å². The molecule has 0 unspecified atom stereocenters. The van der Waals surface area contributed by atoms with Crippen LogP contribution < -0.4 is 10.4 Å². The van der Waals surface area contributed by atoms with Gasteiger partial charge in [-0.3, -0.25) is 0 Å². The highest BCUT2D eigenvalue weighted by Crippen LogP contribution is 2.38. The van der Waals surface area contributed by atoms with Crippen molar-refractivity contribution in [3.63, 3.8) is 0 Å². The maximum atomic E-state index is 2.65. The lowest BCUT2D eigenvalue weighted by Crippen LogP contribution is -2.63. The van der Waals surface area contributed by atoms with E-state index in [1.54, 1.807) is 0 Å². The molecule has 0 saturated carbocycles. The van der Waals surface area contributed by atoms with E-state index in [-0.39, 0.29) is 5.04 Å². The molecule has 3 aromatic carbocycles. The molecule has 162 valence electrons. The molecule has 0 aromatic heterocycles. The van der Waals surface area contributed by atoms with Gasteiger partial charge in [0.05, 0.1) is 0 Å². The quantitative estimate of drug-likeness (QED) is 0.245. The van der Waals surface area contributed by atoms with Crippen LogP contribution in [-0.2, 0) is 0 Å². The molecule has 0 aliphatic carbocycles. The summed E-state index contributed by atoms with van der Waals surface area (Å²) < 4.78 is 0. The van der Waals surface area contributed by atoms with Gasteiger partial charge >= 0.3 is 0 Å². The van der Waals surface area contributed by atoms with Crippen LogP contribution in [-0.4, -0.2) is 8.07 Å². The second-order valence-electron chi connectivity index (χ2n) is 9.66. The third-order valence-electron chi connectivity index (χ3n) is 6.57. The number of hydrogen-bond acceptors (Lipinski definition) is 0. The Balaban J connectivity index is 2.13. The molecule has 0 nitrogen and oxygen atoms in total. The van der Waals surface area contributed by atoms with Crippen LogP contribution in [0.3, 0.4) is 0 Å². The number of rotatable bonds is 9. The van der Waals surface area contributed by atoms with Crippen molar-refractivity contribution in [1.29, 1.82) is 0 Å². The SMILES string of the molecule is CCCCC[C@@H](/C=C/[Si](c1ccccc1)(c1ccccc1)C(C)(C)C)c1ccccc1. The zero-order valence-corrected chi connectivity index (χ0v) is 20.7.